The molecule has 0 saturated carbocycles. The summed E-state index contributed by atoms with van der Waals surface area (Å²) in [5.74, 6) is 0.822. The first-order valence-electron chi connectivity index (χ1n) is 6.30. The van der Waals surface area contributed by atoms with Crippen LogP contribution in [0, 0.1) is 13.8 Å². The predicted octanol–water partition coefficient (Wildman–Crippen LogP) is 4.04. The fourth-order valence-electron chi connectivity index (χ4n) is 2.08. The van der Waals surface area contributed by atoms with Crippen LogP contribution in [0.5, 0.6) is 5.75 Å². The van der Waals surface area contributed by atoms with Crippen molar-refractivity contribution in [1.82, 2.24) is 0 Å². The highest BCUT2D eigenvalue weighted by Gasteiger charge is 2.14. The van der Waals surface area contributed by atoms with E-state index in [-0.39, 0.29) is 6.10 Å². The van der Waals surface area contributed by atoms with Crippen molar-refractivity contribution in [3.8, 4) is 5.75 Å². The Bertz CT molecular complexity index is 568. The number of benzene rings is 2. The molecular weight excluding hydrogens is 258 g/mol. The Morgan fingerprint density at radius 3 is 2.47 bits per heavy atom. The third kappa shape index (κ3) is 3.28. The van der Waals surface area contributed by atoms with Crippen molar-refractivity contribution in [2.24, 2.45) is 5.73 Å². The Kier molecular flexibility index (Phi) is 4.46. The maximum absolute atomic E-state index is 6.03. The molecular formula is C16H18ClNO. The second-order valence-corrected chi connectivity index (χ2v) is 5.05. The molecule has 2 N–H and O–H groups in total. The second-order valence-electron chi connectivity index (χ2n) is 4.61. The standard InChI is InChI=1S/C16H18ClNO/c1-11-5-3-4-6-14(11)16(10-18)19-15-8-7-13(17)9-12(15)2/h3-9,16H,10,18H2,1-2H3. The van der Waals surface area contributed by atoms with Gasteiger partial charge in [-0.3, -0.25) is 0 Å². The van der Waals surface area contributed by atoms with Crippen molar-refractivity contribution in [3.63, 3.8) is 0 Å². The van der Waals surface area contributed by atoms with Gasteiger partial charge in [-0.05, 0) is 48.7 Å². The van der Waals surface area contributed by atoms with Crippen LogP contribution in [0.15, 0.2) is 42.5 Å². The van der Waals surface area contributed by atoms with Crippen LogP contribution in [-0.2, 0) is 0 Å². The first-order valence-corrected chi connectivity index (χ1v) is 6.68. The average Bonchev–Trinajstić information content (AvgIpc) is 2.39. The molecule has 0 radical (unpaired) electrons. The van der Waals surface area contributed by atoms with E-state index in [0.29, 0.717) is 11.6 Å². The molecule has 0 aliphatic carbocycles. The summed E-state index contributed by atoms with van der Waals surface area (Å²) < 4.78 is 6.03. The minimum absolute atomic E-state index is 0.138. The molecule has 2 rings (SSSR count). The van der Waals surface area contributed by atoms with Crippen LogP contribution in [-0.4, -0.2) is 6.54 Å². The zero-order chi connectivity index (χ0) is 13.8. The van der Waals surface area contributed by atoms with Crippen molar-refractivity contribution in [3.05, 3.63) is 64.2 Å². The number of aryl methyl sites for hydroxylation is 2. The molecule has 2 aromatic rings. The molecule has 0 spiro atoms. The van der Waals surface area contributed by atoms with Gasteiger partial charge < -0.3 is 10.5 Å². The fourth-order valence-corrected chi connectivity index (χ4v) is 2.31. The zero-order valence-corrected chi connectivity index (χ0v) is 11.9. The number of nitrogens with two attached hydrogens (primary N) is 1. The molecule has 0 aliphatic heterocycles. The van der Waals surface area contributed by atoms with Gasteiger partial charge in [-0.1, -0.05) is 35.9 Å². The highest BCUT2D eigenvalue weighted by Crippen LogP contribution is 2.28. The first kappa shape index (κ1) is 13.9. The number of ether oxygens (including phenoxy) is 1. The van der Waals surface area contributed by atoms with E-state index in [9.17, 15) is 0 Å². The van der Waals surface area contributed by atoms with Crippen molar-refractivity contribution >= 4 is 11.6 Å². The summed E-state index contributed by atoms with van der Waals surface area (Å²) in [6, 6.07) is 13.7. The first-order chi connectivity index (χ1) is 9.11. The van der Waals surface area contributed by atoms with E-state index in [1.165, 1.54) is 5.56 Å². The highest BCUT2D eigenvalue weighted by molar-refractivity contribution is 6.30. The van der Waals surface area contributed by atoms with Gasteiger partial charge in [-0.15, -0.1) is 0 Å². The van der Waals surface area contributed by atoms with Gasteiger partial charge in [0.25, 0.3) is 0 Å². The Labute approximate surface area is 119 Å². The van der Waals surface area contributed by atoms with Crippen molar-refractivity contribution in [2.45, 2.75) is 20.0 Å². The highest BCUT2D eigenvalue weighted by atomic mass is 35.5. The molecule has 0 amide bonds. The number of hydrogen-bond acceptors (Lipinski definition) is 2. The second kappa shape index (κ2) is 6.09. The summed E-state index contributed by atoms with van der Waals surface area (Å²) in [5, 5.41) is 0.713. The van der Waals surface area contributed by atoms with Crippen molar-refractivity contribution in [1.29, 1.82) is 0 Å². The summed E-state index contributed by atoms with van der Waals surface area (Å²) >= 11 is 5.95. The van der Waals surface area contributed by atoms with Gasteiger partial charge in [-0.2, -0.15) is 0 Å². The van der Waals surface area contributed by atoms with Crippen molar-refractivity contribution in [2.75, 3.05) is 6.54 Å². The van der Waals surface area contributed by atoms with Crippen LogP contribution in [0.3, 0.4) is 0 Å². The van der Waals surface area contributed by atoms with E-state index >= 15 is 0 Å². The van der Waals surface area contributed by atoms with E-state index in [2.05, 4.69) is 19.1 Å². The maximum Gasteiger partial charge on any atom is 0.136 e. The summed E-state index contributed by atoms with van der Waals surface area (Å²) in [6.45, 7) is 4.48. The van der Waals surface area contributed by atoms with Crippen LogP contribution in [0.2, 0.25) is 5.02 Å². The molecule has 19 heavy (non-hydrogen) atoms. The quantitative estimate of drug-likeness (QED) is 0.914. The third-order valence-corrected chi connectivity index (χ3v) is 3.39. The van der Waals surface area contributed by atoms with E-state index in [1.54, 1.807) is 0 Å². The van der Waals surface area contributed by atoms with Crippen LogP contribution in [0.1, 0.15) is 22.8 Å². The maximum atomic E-state index is 6.03. The third-order valence-electron chi connectivity index (χ3n) is 3.16. The molecule has 0 aliphatic rings. The van der Waals surface area contributed by atoms with Crippen LogP contribution in [0.4, 0.5) is 0 Å². The summed E-state index contributed by atoms with van der Waals surface area (Å²) in [6.07, 6.45) is -0.138. The van der Waals surface area contributed by atoms with E-state index < -0.39 is 0 Å². The molecule has 0 saturated heterocycles. The van der Waals surface area contributed by atoms with E-state index in [4.69, 9.17) is 22.1 Å². The molecule has 0 bridgehead atoms. The molecule has 0 fully saturated rings. The van der Waals surface area contributed by atoms with Gasteiger partial charge >= 0.3 is 0 Å². The summed E-state index contributed by atoms with van der Waals surface area (Å²) in [5.41, 5.74) is 9.17. The Morgan fingerprint density at radius 2 is 1.84 bits per heavy atom. The summed E-state index contributed by atoms with van der Waals surface area (Å²) in [4.78, 5) is 0. The zero-order valence-electron chi connectivity index (χ0n) is 11.2. The average molecular weight is 276 g/mol. The lowest BCUT2D eigenvalue weighted by Crippen LogP contribution is -2.19. The SMILES string of the molecule is Cc1cc(Cl)ccc1OC(CN)c1ccccc1C. The largest absolute Gasteiger partial charge is 0.484 e. The molecule has 2 aromatic carbocycles. The van der Waals surface area contributed by atoms with Gasteiger partial charge in [0.15, 0.2) is 0 Å². The molecule has 0 aromatic heterocycles. The molecule has 1 unspecified atom stereocenters. The van der Waals surface area contributed by atoms with Gasteiger partial charge in [0, 0.05) is 11.6 Å². The lowest BCUT2D eigenvalue weighted by atomic mass is 10.0. The predicted molar refractivity (Wildman–Crippen MR) is 79.8 cm³/mol. The Hall–Kier alpha value is -1.51. The van der Waals surface area contributed by atoms with Crippen molar-refractivity contribution < 1.29 is 4.74 Å². The normalized spacial score (nSPS) is 12.2. The molecule has 0 heterocycles. The van der Waals surface area contributed by atoms with Gasteiger partial charge in [0.05, 0.1) is 0 Å². The summed E-state index contributed by atoms with van der Waals surface area (Å²) in [7, 11) is 0. The van der Waals surface area contributed by atoms with Crippen LogP contribution >= 0.6 is 11.6 Å². The van der Waals surface area contributed by atoms with E-state index in [0.717, 1.165) is 16.9 Å². The molecule has 2 nitrogen and oxygen atoms in total. The van der Waals surface area contributed by atoms with Gasteiger partial charge in [0.1, 0.15) is 11.9 Å². The lowest BCUT2D eigenvalue weighted by Gasteiger charge is -2.21. The minimum Gasteiger partial charge on any atom is -0.484 e. The topological polar surface area (TPSA) is 35.2 Å². The number of rotatable bonds is 4. The fraction of sp³-hybridized carbons (Fsp3) is 0.250. The Morgan fingerprint density at radius 1 is 1.11 bits per heavy atom. The smallest absolute Gasteiger partial charge is 0.136 e. The van der Waals surface area contributed by atoms with Crippen LogP contribution < -0.4 is 10.5 Å². The monoisotopic (exact) mass is 275 g/mol. The van der Waals surface area contributed by atoms with Gasteiger partial charge in [0.2, 0.25) is 0 Å². The number of hydrogen-bond donors (Lipinski definition) is 1. The minimum atomic E-state index is -0.138. The van der Waals surface area contributed by atoms with Crippen LogP contribution in [0.25, 0.3) is 0 Å². The number of halogens is 1. The molecule has 1 atom stereocenters. The molecule has 100 valence electrons. The lowest BCUT2D eigenvalue weighted by molar-refractivity contribution is 0.212. The Balaban J connectivity index is 2.27. The van der Waals surface area contributed by atoms with E-state index in [1.807, 2.05) is 37.3 Å². The molecule has 3 heteroatoms. The van der Waals surface area contributed by atoms with Gasteiger partial charge in [-0.25, -0.2) is 0 Å².